The lowest BCUT2D eigenvalue weighted by Crippen LogP contribution is -2.30. The van der Waals surface area contributed by atoms with E-state index in [2.05, 4.69) is 10.4 Å². The van der Waals surface area contributed by atoms with Crippen molar-refractivity contribution in [2.45, 2.75) is 12.5 Å². The summed E-state index contributed by atoms with van der Waals surface area (Å²) in [6.45, 7) is 0. The molecule has 19 heavy (non-hydrogen) atoms. The quantitative estimate of drug-likeness (QED) is 0.507. The number of aromatic nitrogens is 1. The zero-order chi connectivity index (χ0) is 13.8. The average Bonchev–Trinajstić information content (AvgIpc) is 2.44. The number of hydrogen-bond donors (Lipinski definition) is 2. The van der Waals surface area contributed by atoms with Gasteiger partial charge in [0.2, 0.25) is 0 Å². The van der Waals surface area contributed by atoms with Crippen LogP contribution in [0.25, 0.3) is 0 Å². The Bertz CT molecular complexity index is 561. The fourth-order valence-electron chi connectivity index (χ4n) is 1.82. The number of benzene rings is 1. The van der Waals surface area contributed by atoms with Gasteiger partial charge in [-0.25, -0.2) is 13.2 Å². The maximum Gasteiger partial charge on any atom is 0.194 e. The predicted molar refractivity (Wildman–Crippen MR) is 64.3 cm³/mol. The van der Waals surface area contributed by atoms with Gasteiger partial charge in [0.15, 0.2) is 17.5 Å². The molecule has 1 heterocycles. The Morgan fingerprint density at radius 2 is 1.74 bits per heavy atom. The SMILES string of the molecule is NNC(Cc1ccncc1)c1ccc(F)c(F)c1F. The lowest BCUT2D eigenvalue weighted by atomic mass is 9.99. The molecule has 1 unspecified atom stereocenters. The van der Waals surface area contributed by atoms with Crippen molar-refractivity contribution in [2.24, 2.45) is 5.84 Å². The average molecular weight is 267 g/mol. The van der Waals surface area contributed by atoms with Gasteiger partial charge in [-0.2, -0.15) is 0 Å². The highest BCUT2D eigenvalue weighted by Crippen LogP contribution is 2.23. The van der Waals surface area contributed by atoms with Gasteiger partial charge >= 0.3 is 0 Å². The van der Waals surface area contributed by atoms with Crippen LogP contribution in [0.15, 0.2) is 36.7 Å². The van der Waals surface area contributed by atoms with Gasteiger partial charge in [-0.1, -0.05) is 6.07 Å². The Labute approximate surface area is 108 Å². The molecule has 0 saturated carbocycles. The maximum atomic E-state index is 13.7. The number of halogens is 3. The van der Waals surface area contributed by atoms with E-state index in [1.807, 2.05) is 0 Å². The van der Waals surface area contributed by atoms with Gasteiger partial charge in [0.1, 0.15) is 0 Å². The van der Waals surface area contributed by atoms with Crippen LogP contribution in [0.3, 0.4) is 0 Å². The molecule has 1 atom stereocenters. The molecule has 1 aromatic heterocycles. The standard InChI is InChI=1S/C13H12F3N3/c14-10-2-1-9(12(15)13(10)16)11(19-17)7-8-3-5-18-6-4-8/h1-6,11,19H,7,17H2. The van der Waals surface area contributed by atoms with Crippen molar-refractivity contribution in [3.05, 3.63) is 65.2 Å². The molecule has 0 saturated heterocycles. The first kappa shape index (κ1) is 13.5. The van der Waals surface area contributed by atoms with E-state index in [-0.39, 0.29) is 5.56 Å². The lowest BCUT2D eigenvalue weighted by molar-refractivity contribution is 0.425. The first-order valence-electron chi connectivity index (χ1n) is 5.62. The summed E-state index contributed by atoms with van der Waals surface area (Å²) in [4.78, 5) is 3.86. The molecule has 1 aromatic carbocycles. The summed E-state index contributed by atoms with van der Waals surface area (Å²) >= 11 is 0. The van der Waals surface area contributed by atoms with E-state index in [0.717, 1.165) is 11.6 Å². The molecular formula is C13H12F3N3. The largest absolute Gasteiger partial charge is 0.271 e. The molecule has 3 nitrogen and oxygen atoms in total. The van der Waals surface area contributed by atoms with Gasteiger partial charge in [0.05, 0.1) is 6.04 Å². The number of nitrogens with two attached hydrogens (primary N) is 1. The van der Waals surface area contributed by atoms with E-state index in [9.17, 15) is 13.2 Å². The number of rotatable bonds is 4. The Kier molecular flexibility index (Phi) is 4.13. The Balaban J connectivity index is 2.30. The molecule has 0 spiro atoms. The second-order valence-electron chi connectivity index (χ2n) is 4.04. The number of nitrogens with zero attached hydrogens (tertiary/aromatic N) is 1. The minimum atomic E-state index is -1.49. The molecule has 6 heteroatoms. The molecule has 0 aliphatic carbocycles. The van der Waals surface area contributed by atoms with Crippen LogP contribution in [0.5, 0.6) is 0 Å². The number of pyridine rings is 1. The molecule has 0 bridgehead atoms. The number of hydrogen-bond acceptors (Lipinski definition) is 3. The molecule has 0 fully saturated rings. The first-order chi connectivity index (χ1) is 9.13. The molecule has 2 aromatic rings. The van der Waals surface area contributed by atoms with Crippen molar-refractivity contribution in [1.29, 1.82) is 0 Å². The highest BCUT2D eigenvalue weighted by Gasteiger charge is 2.20. The molecule has 0 amide bonds. The van der Waals surface area contributed by atoms with Crippen LogP contribution in [0.1, 0.15) is 17.2 Å². The summed E-state index contributed by atoms with van der Waals surface area (Å²) in [5, 5.41) is 0. The monoisotopic (exact) mass is 267 g/mol. The van der Waals surface area contributed by atoms with Crippen LogP contribution >= 0.6 is 0 Å². The van der Waals surface area contributed by atoms with Gasteiger partial charge in [0.25, 0.3) is 0 Å². The Morgan fingerprint density at radius 1 is 1.05 bits per heavy atom. The summed E-state index contributed by atoms with van der Waals surface area (Å²) in [6.07, 6.45) is 3.51. The third kappa shape index (κ3) is 2.91. The second-order valence-corrected chi connectivity index (χ2v) is 4.04. The molecular weight excluding hydrogens is 255 g/mol. The first-order valence-corrected chi connectivity index (χ1v) is 5.62. The van der Waals surface area contributed by atoms with Crippen LogP contribution in [-0.2, 0) is 6.42 Å². The smallest absolute Gasteiger partial charge is 0.194 e. The van der Waals surface area contributed by atoms with Gasteiger partial charge in [-0.15, -0.1) is 0 Å². The van der Waals surface area contributed by atoms with Crippen molar-refractivity contribution in [3.8, 4) is 0 Å². The van der Waals surface area contributed by atoms with E-state index in [1.165, 1.54) is 6.07 Å². The van der Waals surface area contributed by atoms with E-state index >= 15 is 0 Å². The van der Waals surface area contributed by atoms with E-state index < -0.39 is 23.5 Å². The molecule has 3 N–H and O–H groups in total. The highest BCUT2D eigenvalue weighted by atomic mass is 19.2. The number of nitrogens with one attached hydrogen (secondary N) is 1. The van der Waals surface area contributed by atoms with E-state index in [0.29, 0.717) is 6.42 Å². The Morgan fingerprint density at radius 3 is 2.37 bits per heavy atom. The molecule has 0 aliphatic rings. The predicted octanol–water partition coefficient (Wildman–Crippen LogP) is 2.25. The van der Waals surface area contributed by atoms with E-state index in [4.69, 9.17) is 5.84 Å². The molecule has 0 aliphatic heterocycles. The number of hydrazine groups is 1. The van der Waals surface area contributed by atoms with Crippen molar-refractivity contribution < 1.29 is 13.2 Å². The van der Waals surface area contributed by atoms with Crippen molar-refractivity contribution in [2.75, 3.05) is 0 Å². The summed E-state index contributed by atoms with van der Waals surface area (Å²) in [5.41, 5.74) is 3.24. The van der Waals surface area contributed by atoms with Gasteiger partial charge in [-0.05, 0) is 30.2 Å². The van der Waals surface area contributed by atoms with Crippen LogP contribution in [0, 0.1) is 17.5 Å². The Hall–Kier alpha value is -1.92. The normalized spacial score (nSPS) is 12.4. The van der Waals surface area contributed by atoms with Crippen LogP contribution in [0.4, 0.5) is 13.2 Å². The van der Waals surface area contributed by atoms with Gasteiger partial charge in [-0.3, -0.25) is 16.3 Å². The zero-order valence-electron chi connectivity index (χ0n) is 9.91. The van der Waals surface area contributed by atoms with Crippen LogP contribution < -0.4 is 11.3 Å². The minimum Gasteiger partial charge on any atom is -0.271 e. The van der Waals surface area contributed by atoms with Crippen LogP contribution in [0.2, 0.25) is 0 Å². The minimum absolute atomic E-state index is 0.0155. The van der Waals surface area contributed by atoms with Crippen molar-refractivity contribution in [3.63, 3.8) is 0 Å². The van der Waals surface area contributed by atoms with E-state index in [1.54, 1.807) is 24.5 Å². The zero-order valence-corrected chi connectivity index (χ0v) is 9.91. The molecule has 100 valence electrons. The van der Waals surface area contributed by atoms with Gasteiger partial charge < -0.3 is 0 Å². The second kappa shape index (κ2) is 5.81. The molecule has 2 rings (SSSR count). The summed E-state index contributed by atoms with van der Waals surface area (Å²) in [5.74, 6) is 1.42. The fourth-order valence-corrected chi connectivity index (χ4v) is 1.82. The summed E-state index contributed by atoms with van der Waals surface area (Å²) < 4.78 is 39.8. The maximum absolute atomic E-state index is 13.7. The molecule has 0 radical (unpaired) electrons. The topological polar surface area (TPSA) is 50.9 Å². The summed E-state index contributed by atoms with van der Waals surface area (Å²) in [6, 6.07) is 4.88. The van der Waals surface area contributed by atoms with Gasteiger partial charge in [0, 0.05) is 18.0 Å². The van der Waals surface area contributed by atoms with Crippen molar-refractivity contribution in [1.82, 2.24) is 10.4 Å². The fraction of sp³-hybridized carbons (Fsp3) is 0.154. The van der Waals surface area contributed by atoms with Crippen molar-refractivity contribution >= 4 is 0 Å². The van der Waals surface area contributed by atoms with Crippen LogP contribution in [-0.4, -0.2) is 4.98 Å². The lowest BCUT2D eigenvalue weighted by Gasteiger charge is -2.17. The summed E-state index contributed by atoms with van der Waals surface area (Å²) in [7, 11) is 0. The third-order valence-corrected chi connectivity index (χ3v) is 2.83. The third-order valence-electron chi connectivity index (χ3n) is 2.83. The highest BCUT2D eigenvalue weighted by molar-refractivity contribution is 5.26.